The van der Waals surface area contributed by atoms with Crippen LogP contribution in [0.3, 0.4) is 0 Å². The molecule has 4 rings (SSSR count). The summed E-state index contributed by atoms with van der Waals surface area (Å²) in [5.41, 5.74) is 2.36. The maximum absolute atomic E-state index is 12.5. The summed E-state index contributed by atoms with van der Waals surface area (Å²) in [6, 6.07) is 18.3. The highest BCUT2D eigenvalue weighted by atomic mass is 16.5. The van der Waals surface area contributed by atoms with Crippen molar-refractivity contribution in [3.63, 3.8) is 0 Å². The van der Waals surface area contributed by atoms with Gasteiger partial charge in [0.25, 0.3) is 5.91 Å². The van der Waals surface area contributed by atoms with Crippen molar-refractivity contribution in [3.05, 3.63) is 72.6 Å². The topological polar surface area (TPSA) is 77.2 Å². The zero-order valence-electron chi connectivity index (χ0n) is 14.0. The number of carbonyl (C=O) groups is 1. The van der Waals surface area contributed by atoms with Gasteiger partial charge in [-0.3, -0.25) is 9.78 Å². The van der Waals surface area contributed by atoms with E-state index in [-0.39, 0.29) is 11.6 Å². The van der Waals surface area contributed by atoms with Gasteiger partial charge in [0.2, 0.25) is 0 Å². The van der Waals surface area contributed by atoms with Gasteiger partial charge in [-0.25, -0.2) is 0 Å². The first-order valence-corrected chi connectivity index (χ1v) is 8.01. The Bertz CT molecular complexity index is 1070. The quantitative estimate of drug-likeness (QED) is 0.601. The van der Waals surface area contributed by atoms with E-state index in [1.54, 1.807) is 25.4 Å². The molecule has 26 heavy (non-hydrogen) atoms. The van der Waals surface area contributed by atoms with E-state index in [1.165, 1.54) is 0 Å². The van der Waals surface area contributed by atoms with E-state index in [9.17, 15) is 4.79 Å². The summed E-state index contributed by atoms with van der Waals surface area (Å²) in [7, 11) is 1.61. The zero-order valence-corrected chi connectivity index (χ0v) is 14.0. The molecule has 0 radical (unpaired) electrons. The molecule has 0 aliphatic carbocycles. The lowest BCUT2D eigenvalue weighted by Gasteiger charge is -2.06. The van der Waals surface area contributed by atoms with Crippen LogP contribution in [0.15, 0.2) is 71.4 Å². The highest BCUT2D eigenvalue weighted by Crippen LogP contribution is 2.24. The third-order valence-corrected chi connectivity index (χ3v) is 4.00. The maximum Gasteiger partial charge on any atom is 0.277 e. The van der Waals surface area contributed by atoms with E-state index < -0.39 is 0 Å². The molecule has 4 aromatic rings. The third kappa shape index (κ3) is 3.00. The van der Waals surface area contributed by atoms with Crippen LogP contribution in [0.4, 0.5) is 5.69 Å². The van der Waals surface area contributed by atoms with E-state index in [2.05, 4.69) is 15.5 Å². The van der Waals surface area contributed by atoms with E-state index in [1.807, 2.05) is 48.5 Å². The third-order valence-electron chi connectivity index (χ3n) is 4.00. The van der Waals surface area contributed by atoms with Crippen LogP contribution >= 0.6 is 0 Å². The summed E-state index contributed by atoms with van der Waals surface area (Å²) in [6.07, 6.45) is 1.69. The molecule has 0 unspecified atom stereocenters. The van der Waals surface area contributed by atoms with Gasteiger partial charge in [-0.15, -0.1) is 0 Å². The largest absolute Gasteiger partial charge is 0.497 e. The number of hydrogen-bond donors (Lipinski definition) is 1. The number of methoxy groups -OCH3 is 1. The van der Waals surface area contributed by atoms with Crippen LogP contribution in [0.25, 0.3) is 22.2 Å². The molecule has 0 saturated carbocycles. The number of nitrogens with zero attached hydrogens (tertiary/aromatic N) is 2. The van der Waals surface area contributed by atoms with Crippen molar-refractivity contribution in [3.8, 4) is 17.1 Å². The smallest absolute Gasteiger partial charge is 0.277 e. The zero-order chi connectivity index (χ0) is 17.9. The number of anilines is 1. The average Bonchev–Trinajstić information content (AvgIpc) is 3.19. The second-order valence-electron chi connectivity index (χ2n) is 5.64. The first kappa shape index (κ1) is 15.8. The van der Waals surface area contributed by atoms with E-state index >= 15 is 0 Å². The van der Waals surface area contributed by atoms with Crippen molar-refractivity contribution in [2.24, 2.45) is 0 Å². The summed E-state index contributed by atoms with van der Waals surface area (Å²) in [6.45, 7) is 0. The van der Waals surface area contributed by atoms with Crippen LogP contribution in [-0.4, -0.2) is 23.2 Å². The molecule has 0 saturated heterocycles. The van der Waals surface area contributed by atoms with Crippen molar-refractivity contribution < 1.29 is 14.1 Å². The first-order valence-electron chi connectivity index (χ1n) is 8.01. The van der Waals surface area contributed by atoms with Crippen molar-refractivity contribution in [2.45, 2.75) is 0 Å². The fourth-order valence-electron chi connectivity index (χ4n) is 2.66. The van der Waals surface area contributed by atoms with Crippen LogP contribution in [0, 0.1) is 0 Å². The van der Waals surface area contributed by atoms with Crippen LogP contribution in [-0.2, 0) is 0 Å². The first-order chi connectivity index (χ1) is 12.7. The van der Waals surface area contributed by atoms with Crippen LogP contribution in [0.5, 0.6) is 5.75 Å². The standard InChI is InChI=1S/C20H15N3O3/c1-25-15-9-7-13(8-10-15)18-12-17(23-26-18)20(24)22-16-6-2-4-14-5-3-11-21-19(14)16/h2-12H,1H3,(H,22,24). The van der Waals surface area contributed by atoms with Gasteiger partial charge in [-0.2, -0.15) is 0 Å². The molecule has 0 atom stereocenters. The number of pyridine rings is 1. The van der Waals surface area contributed by atoms with Crippen LogP contribution < -0.4 is 10.1 Å². The van der Waals surface area contributed by atoms with E-state index in [4.69, 9.17) is 9.26 Å². The molecular formula is C20H15N3O3. The Morgan fingerprint density at radius 3 is 2.69 bits per heavy atom. The summed E-state index contributed by atoms with van der Waals surface area (Å²) in [4.78, 5) is 16.8. The van der Waals surface area contributed by atoms with E-state index in [0.717, 1.165) is 22.2 Å². The van der Waals surface area contributed by atoms with Gasteiger partial charge >= 0.3 is 0 Å². The van der Waals surface area contributed by atoms with Gasteiger partial charge in [0.05, 0.1) is 18.3 Å². The van der Waals surface area contributed by atoms with Gasteiger partial charge in [-0.1, -0.05) is 23.4 Å². The lowest BCUT2D eigenvalue weighted by atomic mass is 10.1. The Hall–Kier alpha value is -3.67. The molecule has 0 bridgehead atoms. The van der Waals surface area contributed by atoms with E-state index in [0.29, 0.717) is 11.4 Å². The Morgan fingerprint density at radius 2 is 1.88 bits per heavy atom. The summed E-state index contributed by atoms with van der Waals surface area (Å²) in [5, 5.41) is 7.66. The molecule has 128 valence electrons. The van der Waals surface area contributed by atoms with Crippen molar-refractivity contribution in [1.82, 2.24) is 10.1 Å². The highest BCUT2D eigenvalue weighted by molar-refractivity contribution is 6.07. The number of aromatic nitrogens is 2. The molecular weight excluding hydrogens is 330 g/mol. The molecule has 0 fully saturated rings. The molecule has 1 amide bonds. The lowest BCUT2D eigenvalue weighted by Crippen LogP contribution is -2.12. The van der Waals surface area contributed by atoms with Gasteiger partial charge in [0.1, 0.15) is 5.75 Å². The fraction of sp³-hybridized carbons (Fsp3) is 0.0500. The molecule has 0 aliphatic heterocycles. The Morgan fingerprint density at radius 1 is 1.08 bits per heavy atom. The Balaban J connectivity index is 1.58. The number of para-hydroxylation sites is 1. The molecule has 1 N–H and O–H groups in total. The number of carbonyl (C=O) groups excluding carboxylic acids is 1. The number of rotatable bonds is 4. The molecule has 6 heteroatoms. The number of hydrogen-bond acceptors (Lipinski definition) is 5. The minimum Gasteiger partial charge on any atom is -0.497 e. The monoisotopic (exact) mass is 345 g/mol. The normalized spacial score (nSPS) is 10.7. The number of benzene rings is 2. The molecule has 6 nitrogen and oxygen atoms in total. The van der Waals surface area contributed by atoms with Crippen LogP contribution in [0.1, 0.15) is 10.5 Å². The summed E-state index contributed by atoms with van der Waals surface area (Å²) in [5.74, 6) is 0.898. The average molecular weight is 345 g/mol. The number of nitrogens with one attached hydrogen (secondary N) is 1. The second kappa shape index (κ2) is 6.68. The summed E-state index contributed by atoms with van der Waals surface area (Å²) >= 11 is 0. The van der Waals surface area contributed by atoms with Gasteiger partial charge in [0, 0.05) is 23.2 Å². The molecule has 2 heterocycles. The fourth-order valence-corrected chi connectivity index (χ4v) is 2.66. The van der Waals surface area contributed by atoms with Gasteiger partial charge < -0.3 is 14.6 Å². The van der Waals surface area contributed by atoms with Crippen molar-refractivity contribution in [2.75, 3.05) is 12.4 Å². The Kier molecular flexibility index (Phi) is 4.07. The van der Waals surface area contributed by atoms with Crippen LogP contribution in [0.2, 0.25) is 0 Å². The highest BCUT2D eigenvalue weighted by Gasteiger charge is 2.15. The number of ether oxygens (including phenoxy) is 1. The predicted octanol–water partition coefficient (Wildman–Crippen LogP) is 4.15. The SMILES string of the molecule is COc1ccc(-c2cc(C(=O)Nc3cccc4cccnc34)no2)cc1. The number of fused-ring (bicyclic) bond motifs is 1. The summed E-state index contributed by atoms with van der Waals surface area (Å²) < 4.78 is 10.4. The Labute approximate surface area is 149 Å². The molecule has 0 spiro atoms. The van der Waals surface area contributed by atoms with Gasteiger partial charge in [-0.05, 0) is 36.4 Å². The molecule has 0 aliphatic rings. The lowest BCUT2D eigenvalue weighted by molar-refractivity contribution is 0.101. The van der Waals surface area contributed by atoms with Crippen molar-refractivity contribution >= 4 is 22.5 Å². The molecule has 2 aromatic carbocycles. The maximum atomic E-state index is 12.5. The predicted molar refractivity (Wildman–Crippen MR) is 98.2 cm³/mol. The van der Waals surface area contributed by atoms with Crippen molar-refractivity contribution in [1.29, 1.82) is 0 Å². The minimum absolute atomic E-state index is 0.198. The molecule has 2 aromatic heterocycles. The number of amides is 1. The van der Waals surface area contributed by atoms with Gasteiger partial charge in [0.15, 0.2) is 11.5 Å². The second-order valence-corrected chi connectivity index (χ2v) is 5.64. The minimum atomic E-state index is -0.355.